The van der Waals surface area contributed by atoms with Crippen molar-refractivity contribution in [3.63, 3.8) is 0 Å². The third-order valence-corrected chi connectivity index (χ3v) is 7.60. The smallest absolute Gasteiger partial charge is 0.404 e. The number of benzene rings is 2. The Bertz CT molecular complexity index is 1180. The van der Waals surface area contributed by atoms with Crippen LogP contribution in [0.2, 0.25) is 0 Å². The lowest BCUT2D eigenvalue weighted by molar-refractivity contribution is -0.137. The average molecular weight is 543 g/mol. The second-order valence-electron chi connectivity index (χ2n) is 10.2. The Morgan fingerprint density at radius 3 is 2.67 bits per heavy atom. The summed E-state index contributed by atoms with van der Waals surface area (Å²) in [6.07, 6.45) is 1.48. The summed E-state index contributed by atoms with van der Waals surface area (Å²) in [4.78, 5) is 36.9. The summed E-state index contributed by atoms with van der Waals surface area (Å²) in [5.74, 6) is -1.76. The van der Waals surface area contributed by atoms with Crippen molar-refractivity contribution in [1.82, 2.24) is 10.2 Å². The molecule has 3 amide bonds. The number of nitrogens with two attached hydrogens (primary N) is 2. The van der Waals surface area contributed by atoms with E-state index in [0.717, 1.165) is 12.0 Å². The third-order valence-electron chi connectivity index (χ3n) is 7.60. The lowest BCUT2D eigenvalue weighted by Gasteiger charge is -2.44. The number of likely N-dealkylation sites (tertiary alicyclic amines) is 1. The monoisotopic (exact) mass is 542 g/mol. The highest BCUT2D eigenvalue weighted by Gasteiger charge is 2.43. The minimum Gasteiger partial charge on any atom is -0.465 e. The van der Waals surface area contributed by atoms with Gasteiger partial charge in [-0.2, -0.15) is 0 Å². The zero-order chi connectivity index (χ0) is 28.6. The molecule has 2 aromatic rings. The van der Waals surface area contributed by atoms with Crippen molar-refractivity contribution in [2.24, 2.45) is 17.4 Å². The van der Waals surface area contributed by atoms with Gasteiger partial charge in [-0.25, -0.2) is 9.18 Å². The van der Waals surface area contributed by atoms with E-state index in [4.69, 9.17) is 16.6 Å². The van der Waals surface area contributed by atoms with Gasteiger partial charge in [0.25, 0.3) is 0 Å². The molecule has 0 saturated carbocycles. The van der Waals surface area contributed by atoms with Crippen molar-refractivity contribution in [3.05, 3.63) is 59.4 Å². The predicted octanol–water partition coefficient (Wildman–Crippen LogP) is 3.12. The number of hydrogen-bond donors (Lipinski definition) is 5. The molecule has 212 valence electrons. The second-order valence-corrected chi connectivity index (χ2v) is 10.2. The molecule has 0 bridgehead atoms. The number of hydrogen-bond acceptors (Lipinski definition) is 5. The molecule has 39 heavy (non-hydrogen) atoms. The van der Waals surface area contributed by atoms with Crippen molar-refractivity contribution in [2.75, 3.05) is 19.6 Å². The van der Waals surface area contributed by atoms with Crippen LogP contribution in [0.15, 0.2) is 42.5 Å². The topological polar surface area (TPSA) is 159 Å². The van der Waals surface area contributed by atoms with E-state index in [0.29, 0.717) is 42.5 Å². The summed E-state index contributed by atoms with van der Waals surface area (Å²) < 4.78 is 15.5. The zero-order valence-electron chi connectivity index (χ0n) is 22.4. The van der Waals surface area contributed by atoms with Crippen LogP contribution in [0, 0.1) is 11.7 Å². The highest BCUT2D eigenvalue weighted by Crippen LogP contribution is 2.44. The average Bonchev–Trinajstić information content (AvgIpc) is 2.93. The van der Waals surface area contributed by atoms with Gasteiger partial charge in [-0.15, -0.1) is 0 Å². The zero-order valence-corrected chi connectivity index (χ0v) is 22.4. The van der Waals surface area contributed by atoms with Gasteiger partial charge in [-0.1, -0.05) is 43.3 Å². The number of carboxylic acid groups (broad SMARTS) is 1. The Morgan fingerprint density at radius 1 is 1.23 bits per heavy atom. The Morgan fingerprint density at radius 2 is 1.97 bits per heavy atom. The summed E-state index contributed by atoms with van der Waals surface area (Å²) >= 11 is 0. The van der Waals surface area contributed by atoms with Crippen molar-refractivity contribution >= 4 is 17.9 Å². The summed E-state index contributed by atoms with van der Waals surface area (Å²) in [5.41, 5.74) is 11.8. The quantitative estimate of drug-likeness (QED) is 0.259. The lowest BCUT2D eigenvalue weighted by atomic mass is 9.72. The third kappa shape index (κ3) is 7.54. The van der Waals surface area contributed by atoms with Crippen LogP contribution in [0.3, 0.4) is 0 Å². The first-order valence-electron chi connectivity index (χ1n) is 13.5. The van der Waals surface area contributed by atoms with Gasteiger partial charge in [0.15, 0.2) is 0 Å². The highest BCUT2D eigenvalue weighted by atomic mass is 19.1. The van der Waals surface area contributed by atoms with Crippen LogP contribution in [0.1, 0.15) is 56.6 Å². The summed E-state index contributed by atoms with van der Waals surface area (Å²) in [6.45, 7) is 2.86. The lowest BCUT2D eigenvalue weighted by Crippen LogP contribution is -2.49. The van der Waals surface area contributed by atoms with E-state index >= 15 is 4.39 Å². The van der Waals surface area contributed by atoms with Crippen LogP contribution < -0.4 is 16.8 Å². The van der Waals surface area contributed by atoms with E-state index in [1.807, 2.05) is 31.2 Å². The van der Waals surface area contributed by atoms with Gasteiger partial charge in [-0.3, -0.25) is 9.59 Å². The number of primary amides is 1. The molecule has 3 atom stereocenters. The first-order valence-corrected chi connectivity index (χ1v) is 13.5. The fourth-order valence-electron chi connectivity index (χ4n) is 5.41. The SMILES string of the molecule is CCc1cccc(-c2c(F)cccc2[C@](O)(CCCNC(=O)O)[C@@H]2CCCN(C(=O)CC[C@H](N)C(N)=O)C2)c1. The van der Waals surface area contributed by atoms with Crippen LogP contribution in [-0.4, -0.2) is 58.7 Å². The van der Waals surface area contributed by atoms with E-state index in [-0.39, 0.29) is 38.3 Å². The van der Waals surface area contributed by atoms with Crippen molar-refractivity contribution in [3.8, 4) is 11.1 Å². The minimum absolute atomic E-state index is 0.0484. The molecular formula is C29H39FN4O5. The highest BCUT2D eigenvalue weighted by molar-refractivity contribution is 5.81. The molecule has 9 nitrogen and oxygen atoms in total. The van der Waals surface area contributed by atoms with Gasteiger partial charge in [0.05, 0.1) is 11.6 Å². The number of piperidine rings is 1. The molecule has 1 aliphatic heterocycles. The molecule has 7 N–H and O–H groups in total. The van der Waals surface area contributed by atoms with E-state index in [2.05, 4.69) is 5.32 Å². The molecule has 0 aliphatic carbocycles. The Kier molecular flexibility index (Phi) is 10.4. The van der Waals surface area contributed by atoms with Crippen LogP contribution in [0.25, 0.3) is 11.1 Å². The van der Waals surface area contributed by atoms with Crippen molar-refractivity contribution < 1.29 is 29.0 Å². The molecule has 1 saturated heterocycles. The summed E-state index contributed by atoms with van der Waals surface area (Å²) in [7, 11) is 0. The van der Waals surface area contributed by atoms with Gasteiger partial charge >= 0.3 is 6.09 Å². The molecule has 1 heterocycles. The summed E-state index contributed by atoms with van der Waals surface area (Å²) in [6, 6.07) is 11.3. The first-order chi connectivity index (χ1) is 18.6. The molecule has 0 aromatic heterocycles. The number of aliphatic hydroxyl groups is 1. The molecule has 1 aliphatic rings. The van der Waals surface area contributed by atoms with Crippen LogP contribution in [0.4, 0.5) is 9.18 Å². The number of amides is 3. The van der Waals surface area contributed by atoms with Gasteiger partial charge in [0.1, 0.15) is 5.82 Å². The molecule has 10 heteroatoms. The van der Waals surface area contributed by atoms with E-state index in [9.17, 15) is 19.5 Å². The van der Waals surface area contributed by atoms with E-state index in [1.165, 1.54) is 6.07 Å². The van der Waals surface area contributed by atoms with Crippen LogP contribution >= 0.6 is 0 Å². The minimum atomic E-state index is -1.54. The number of carbonyl (C=O) groups excluding carboxylic acids is 2. The normalized spacial score (nSPS) is 17.7. The van der Waals surface area contributed by atoms with Crippen molar-refractivity contribution in [1.29, 1.82) is 0 Å². The maximum atomic E-state index is 15.5. The predicted molar refractivity (Wildman–Crippen MR) is 146 cm³/mol. The molecular weight excluding hydrogens is 503 g/mol. The maximum Gasteiger partial charge on any atom is 0.404 e. The van der Waals surface area contributed by atoms with Gasteiger partial charge in [-0.05, 0) is 61.3 Å². The summed E-state index contributed by atoms with van der Waals surface area (Å²) in [5, 5.41) is 23.7. The Balaban J connectivity index is 1.97. The molecule has 0 spiro atoms. The standard InChI is InChI=1S/C29H39FN4O5/c1-2-19-7-3-8-20(17-19)26-22(10-4-11-23(26)30)29(39,14-6-15-33-28(37)38)21-9-5-16-34(18-21)25(35)13-12-24(31)27(32)36/h3-4,7-8,10-11,17,21,24,33,39H,2,5-6,9,12-16,18,31H2,1H3,(H2,32,36)(H,37,38)/t21-,24+,29+/m1/s1. The molecule has 0 radical (unpaired) electrons. The number of nitrogens with one attached hydrogen (secondary N) is 1. The molecule has 1 fully saturated rings. The Hall–Kier alpha value is -3.50. The fraction of sp³-hybridized carbons (Fsp3) is 0.483. The van der Waals surface area contributed by atoms with Crippen LogP contribution in [-0.2, 0) is 21.6 Å². The largest absolute Gasteiger partial charge is 0.465 e. The van der Waals surface area contributed by atoms with Gasteiger partial charge < -0.3 is 31.9 Å². The molecule has 3 rings (SSSR count). The van der Waals surface area contributed by atoms with Gasteiger partial charge in [0.2, 0.25) is 11.8 Å². The number of nitrogens with zero attached hydrogens (tertiary/aromatic N) is 1. The second kappa shape index (κ2) is 13.5. The first kappa shape index (κ1) is 30.0. The van der Waals surface area contributed by atoms with Gasteiger partial charge in [0, 0.05) is 37.5 Å². The van der Waals surface area contributed by atoms with E-state index in [1.54, 1.807) is 17.0 Å². The molecule has 2 aromatic carbocycles. The van der Waals surface area contributed by atoms with E-state index < -0.39 is 35.4 Å². The number of rotatable bonds is 12. The number of halogens is 1. The molecule has 0 unspecified atom stereocenters. The maximum absolute atomic E-state index is 15.5. The fourth-order valence-corrected chi connectivity index (χ4v) is 5.41. The number of carbonyl (C=O) groups is 3. The van der Waals surface area contributed by atoms with Crippen LogP contribution in [0.5, 0.6) is 0 Å². The van der Waals surface area contributed by atoms with Crippen molar-refractivity contribution in [2.45, 2.75) is 63.5 Å². The Labute approximate surface area is 228 Å². The number of aryl methyl sites for hydroxylation is 1.